The van der Waals surface area contributed by atoms with Gasteiger partial charge in [0.2, 0.25) is 5.91 Å². The fourth-order valence-corrected chi connectivity index (χ4v) is 3.48. The maximum absolute atomic E-state index is 12.7. The van der Waals surface area contributed by atoms with E-state index in [0.29, 0.717) is 11.9 Å². The van der Waals surface area contributed by atoms with E-state index in [2.05, 4.69) is 17.6 Å². The molecule has 0 radical (unpaired) electrons. The van der Waals surface area contributed by atoms with Crippen LogP contribution in [0.2, 0.25) is 0 Å². The van der Waals surface area contributed by atoms with Gasteiger partial charge in [-0.3, -0.25) is 4.79 Å². The second-order valence-corrected chi connectivity index (χ2v) is 6.56. The van der Waals surface area contributed by atoms with E-state index in [1.165, 1.54) is 25.7 Å². The maximum Gasteiger partial charge on any atom is 0.226 e. The summed E-state index contributed by atoms with van der Waals surface area (Å²) in [6.07, 6.45) is 8.35. The number of rotatable bonds is 5. The Kier molecular flexibility index (Phi) is 3.35. The molecule has 18 heavy (non-hydrogen) atoms. The summed E-state index contributed by atoms with van der Waals surface area (Å²) < 4.78 is 0. The van der Waals surface area contributed by atoms with Gasteiger partial charge in [0, 0.05) is 6.04 Å². The average Bonchev–Trinajstić information content (AvgIpc) is 3.29. The molecule has 3 heteroatoms. The quantitative estimate of drug-likeness (QED) is 0.784. The smallest absolute Gasteiger partial charge is 0.226 e. The first-order chi connectivity index (χ1) is 8.75. The van der Waals surface area contributed by atoms with Crippen LogP contribution in [0.1, 0.15) is 51.9 Å². The van der Waals surface area contributed by atoms with Crippen LogP contribution in [-0.2, 0) is 4.79 Å². The van der Waals surface area contributed by atoms with E-state index in [1.807, 2.05) is 0 Å². The van der Waals surface area contributed by atoms with Crippen LogP contribution in [0.5, 0.6) is 0 Å². The highest BCUT2D eigenvalue weighted by atomic mass is 16.2. The zero-order chi connectivity index (χ0) is 12.6. The molecule has 3 aliphatic rings. The van der Waals surface area contributed by atoms with Gasteiger partial charge in [0.1, 0.15) is 0 Å². The molecule has 2 aliphatic carbocycles. The third-order valence-electron chi connectivity index (χ3n) is 5.28. The first-order valence-electron chi connectivity index (χ1n) is 7.77. The molecular weight excluding hydrogens is 224 g/mol. The first-order valence-corrected chi connectivity index (χ1v) is 7.77. The van der Waals surface area contributed by atoms with Gasteiger partial charge in [-0.25, -0.2) is 0 Å². The highest BCUT2D eigenvalue weighted by molar-refractivity contribution is 5.83. The minimum Gasteiger partial charge on any atom is -0.352 e. The molecule has 3 rings (SSSR count). The van der Waals surface area contributed by atoms with Crippen LogP contribution in [0, 0.1) is 17.3 Å². The molecule has 0 spiro atoms. The van der Waals surface area contributed by atoms with E-state index in [1.54, 1.807) is 0 Å². The summed E-state index contributed by atoms with van der Waals surface area (Å²) in [5.41, 5.74) is -0.0761. The number of carbonyl (C=O) groups excluding carboxylic acids is 1. The third kappa shape index (κ3) is 2.42. The second-order valence-electron chi connectivity index (χ2n) is 6.56. The number of nitrogens with one attached hydrogen (secondary N) is 2. The molecule has 0 aromatic rings. The van der Waals surface area contributed by atoms with Crippen molar-refractivity contribution in [3.05, 3.63) is 0 Å². The highest BCUT2D eigenvalue weighted by Crippen LogP contribution is 2.45. The Labute approximate surface area is 110 Å². The van der Waals surface area contributed by atoms with Gasteiger partial charge in [0.25, 0.3) is 0 Å². The van der Waals surface area contributed by atoms with Crippen LogP contribution in [0.25, 0.3) is 0 Å². The van der Waals surface area contributed by atoms with Gasteiger partial charge >= 0.3 is 0 Å². The lowest BCUT2D eigenvalue weighted by Crippen LogP contribution is -2.51. The SMILES string of the molecule is CCC1(C(=O)NC(C2CC2)C2CC2)CCNCC1. The van der Waals surface area contributed by atoms with E-state index in [4.69, 9.17) is 0 Å². The lowest BCUT2D eigenvalue weighted by Gasteiger charge is -2.36. The van der Waals surface area contributed by atoms with Crippen molar-refractivity contribution < 1.29 is 4.79 Å². The van der Waals surface area contributed by atoms with Crippen molar-refractivity contribution in [3.63, 3.8) is 0 Å². The van der Waals surface area contributed by atoms with E-state index in [-0.39, 0.29) is 5.41 Å². The molecule has 3 fully saturated rings. The molecule has 0 bridgehead atoms. The van der Waals surface area contributed by atoms with Gasteiger partial charge in [0.05, 0.1) is 5.41 Å². The largest absolute Gasteiger partial charge is 0.352 e. The molecule has 0 aromatic heterocycles. The van der Waals surface area contributed by atoms with Crippen molar-refractivity contribution in [1.82, 2.24) is 10.6 Å². The lowest BCUT2D eigenvalue weighted by molar-refractivity contribution is -0.134. The van der Waals surface area contributed by atoms with Crippen LogP contribution >= 0.6 is 0 Å². The molecule has 2 saturated carbocycles. The molecule has 2 N–H and O–H groups in total. The van der Waals surface area contributed by atoms with Crippen LogP contribution < -0.4 is 10.6 Å². The molecule has 3 nitrogen and oxygen atoms in total. The molecular formula is C15H26N2O. The molecule has 1 saturated heterocycles. The average molecular weight is 250 g/mol. The predicted octanol–water partition coefficient (Wildman–Crippen LogP) is 2.07. The van der Waals surface area contributed by atoms with Gasteiger partial charge < -0.3 is 10.6 Å². The Morgan fingerprint density at radius 2 is 1.78 bits per heavy atom. The molecule has 1 aliphatic heterocycles. The Hall–Kier alpha value is -0.570. The Morgan fingerprint density at radius 1 is 1.22 bits per heavy atom. The normalized spacial score (nSPS) is 27.2. The molecule has 0 atom stereocenters. The highest BCUT2D eigenvalue weighted by Gasteiger charge is 2.45. The van der Waals surface area contributed by atoms with E-state index in [0.717, 1.165) is 44.2 Å². The summed E-state index contributed by atoms with van der Waals surface area (Å²) in [4.78, 5) is 12.7. The standard InChI is InChI=1S/C15H26N2O/c1-2-15(7-9-16-10-8-15)14(18)17-13(11-3-4-11)12-5-6-12/h11-13,16H,2-10H2,1H3,(H,17,18). The topological polar surface area (TPSA) is 41.1 Å². The molecule has 1 amide bonds. The van der Waals surface area contributed by atoms with Crippen molar-refractivity contribution in [1.29, 1.82) is 0 Å². The van der Waals surface area contributed by atoms with Gasteiger partial charge in [0.15, 0.2) is 0 Å². The van der Waals surface area contributed by atoms with Crippen molar-refractivity contribution in [2.24, 2.45) is 17.3 Å². The molecule has 102 valence electrons. The Balaban J connectivity index is 1.64. The summed E-state index contributed by atoms with van der Waals surface area (Å²) >= 11 is 0. The monoisotopic (exact) mass is 250 g/mol. The van der Waals surface area contributed by atoms with Crippen LogP contribution in [0.15, 0.2) is 0 Å². The number of amides is 1. The minimum absolute atomic E-state index is 0.0761. The van der Waals surface area contributed by atoms with Crippen LogP contribution in [0.4, 0.5) is 0 Å². The molecule has 0 unspecified atom stereocenters. The zero-order valence-corrected chi connectivity index (χ0v) is 11.5. The van der Waals surface area contributed by atoms with Crippen molar-refractivity contribution in [2.45, 2.75) is 57.9 Å². The van der Waals surface area contributed by atoms with E-state index >= 15 is 0 Å². The third-order valence-corrected chi connectivity index (χ3v) is 5.28. The van der Waals surface area contributed by atoms with Crippen molar-refractivity contribution in [3.8, 4) is 0 Å². The Morgan fingerprint density at radius 3 is 2.22 bits per heavy atom. The van der Waals surface area contributed by atoms with Crippen molar-refractivity contribution in [2.75, 3.05) is 13.1 Å². The minimum atomic E-state index is -0.0761. The fraction of sp³-hybridized carbons (Fsp3) is 0.933. The van der Waals surface area contributed by atoms with E-state index < -0.39 is 0 Å². The summed E-state index contributed by atoms with van der Waals surface area (Å²) in [5.74, 6) is 1.96. The van der Waals surface area contributed by atoms with Gasteiger partial charge in [-0.05, 0) is 69.9 Å². The number of piperidine rings is 1. The van der Waals surface area contributed by atoms with Crippen LogP contribution in [0.3, 0.4) is 0 Å². The maximum atomic E-state index is 12.7. The second kappa shape index (κ2) is 4.84. The molecule has 1 heterocycles. The summed E-state index contributed by atoms with van der Waals surface area (Å²) in [6, 6.07) is 0.510. The van der Waals surface area contributed by atoms with Crippen LogP contribution in [-0.4, -0.2) is 25.0 Å². The van der Waals surface area contributed by atoms with Gasteiger partial charge in [-0.15, -0.1) is 0 Å². The fourth-order valence-electron chi connectivity index (χ4n) is 3.48. The number of hydrogen-bond donors (Lipinski definition) is 2. The zero-order valence-electron chi connectivity index (χ0n) is 11.5. The number of carbonyl (C=O) groups is 1. The summed E-state index contributed by atoms with van der Waals surface area (Å²) in [5, 5.41) is 6.81. The Bertz CT molecular complexity index is 302. The predicted molar refractivity (Wildman–Crippen MR) is 72.2 cm³/mol. The first kappa shape index (κ1) is 12.5. The number of hydrogen-bond acceptors (Lipinski definition) is 2. The van der Waals surface area contributed by atoms with Crippen molar-refractivity contribution >= 4 is 5.91 Å². The summed E-state index contributed by atoms with van der Waals surface area (Å²) in [7, 11) is 0. The molecule has 0 aromatic carbocycles. The lowest BCUT2D eigenvalue weighted by atomic mass is 9.75. The van der Waals surface area contributed by atoms with Gasteiger partial charge in [-0.1, -0.05) is 6.92 Å². The van der Waals surface area contributed by atoms with Gasteiger partial charge in [-0.2, -0.15) is 0 Å². The van der Waals surface area contributed by atoms with E-state index in [9.17, 15) is 4.79 Å². The summed E-state index contributed by atoms with van der Waals surface area (Å²) in [6.45, 7) is 4.17.